The molecule has 0 aromatic heterocycles. The van der Waals surface area contributed by atoms with Crippen LogP contribution in [0.3, 0.4) is 0 Å². The van der Waals surface area contributed by atoms with E-state index in [-0.39, 0.29) is 5.41 Å². The molecule has 2 heteroatoms. The van der Waals surface area contributed by atoms with Crippen molar-refractivity contribution < 1.29 is 0 Å². The number of rotatable bonds is 8. The van der Waals surface area contributed by atoms with Gasteiger partial charge in [-0.15, -0.1) is 0 Å². The fraction of sp³-hybridized carbons (Fsp3) is 0.246. The third-order valence-electron chi connectivity index (χ3n) is 10.7. The van der Waals surface area contributed by atoms with Crippen LogP contribution in [-0.2, 0) is 5.41 Å². The average molecular weight is 908 g/mol. The van der Waals surface area contributed by atoms with Crippen molar-refractivity contribution in [1.29, 1.82) is 5.41 Å². The second-order valence-electron chi connectivity index (χ2n) is 16.1. The van der Waals surface area contributed by atoms with E-state index in [0.717, 1.165) is 11.1 Å². The lowest BCUT2D eigenvalue weighted by atomic mass is 9.83. The lowest BCUT2D eigenvalue weighted by Crippen LogP contribution is -2.10. The van der Waals surface area contributed by atoms with Gasteiger partial charge in [-0.05, 0) is 154 Å². The molecule has 1 nitrogen and oxygen atoms in total. The standard InChI is InChI=1S/C44H39N.C8H10.2C4H8.2C2H6.CH4S/c1-6-7-8-13-37(45)27-18-30(2)33-21-19-31-20-22-34(29-35(31)28-33)43-40-16-11-9-14-38(40)42(39-15-10-12-17-41(39)43)32-23-25-36(26-24-32)44(3,4)5;1-7-5-3-4-6-8(7)2;2*1-3-4-2;3*1-2/h6-12,14-29,45H,1-2,13H2,3-5H3;3-6H,1-2H3;2*3-4H,1-2H3;2*1-2H3;2H,1H3/b8-7-,27-18-,45-37?;;2*4-3-;;;. The van der Waals surface area contributed by atoms with Crippen molar-refractivity contribution in [3.05, 3.63) is 224 Å². The van der Waals surface area contributed by atoms with Crippen molar-refractivity contribution in [2.24, 2.45) is 0 Å². The molecule has 0 bridgehead atoms. The molecule has 0 aliphatic carbocycles. The molecular formula is C65H81NS. The Morgan fingerprint density at radius 2 is 0.970 bits per heavy atom. The van der Waals surface area contributed by atoms with Gasteiger partial charge in [0.05, 0.1) is 0 Å². The lowest BCUT2D eigenvalue weighted by Gasteiger charge is -2.21. The van der Waals surface area contributed by atoms with Crippen LogP contribution in [0.1, 0.15) is 105 Å². The summed E-state index contributed by atoms with van der Waals surface area (Å²) in [4.78, 5) is 0. The summed E-state index contributed by atoms with van der Waals surface area (Å²) >= 11 is 3.53. The first-order valence-electron chi connectivity index (χ1n) is 23.8. The average Bonchev–Trinajstić information content (AvgIpc) is 3.37. The van der Waals surface area contributed by atoms with Gasteiger partial charge in [0.15, 0.2) is 0 Å². The predicted molar refractivity (Wildman–Crippen MR) is 313 cm³/mol. The Hall–Kier alpha value is -6.22. The van der Waals surface area contributed by atoms with Gasteiger partial charge in [-0.1, -0.05) is 232 Å². The van der Waals surface area contributed by atoms with Crippen molar-refractivity contribution in [2.45, 2.75) is 102 Å². The SMILES string of the molecule is C/C=C\C.C/C=C\C.C=C/C=C\CC(=N)/C=C\C(=C)c1ccc2ccc(-c3c4ccccc4c(-c4ccc(C(C)(C)C)cc4)c4ccccc34)cc2c1.CC.CC.CS.Cc1ccccc1C. The molecule has 0 fully saturated rings. The van der Waals surface area contributed by atoms with Gasteiger partial charge < -0.3 is 5.41 Å². The zero-order valence-corrected chi connectivity index (χ0v) is 44.4. The van der Waals surface area contributed by atoms with Crippen LogP contribution in [-0.4, -0.2) is 12.0 Å². The van der Waals surface area contributed by atoms with Crippen molar-refractivity contribution in [1.82, 2.24) is 0 Å². The monoisotopic (exact) mass is 908 g/mol. The van der Waals surface area contributed by atoms with Crippen LogP contribution in [0.5, 0.6) is 0 Å². The largest absolute Gasteiger partial charge is 0.305 e. The van der Waals surface area contributed by atoms with Gasteiger partial charge in [0, 0.05) is 12.1 Å². The van der Waals surface area contributed by atoms with Crippen molar-refractivity contribution in [2.75, 3.05) is 6.26 Å². The molecule has 7 aromatic carbocycles. The summed E-state index contributed by atoms with van der Waals surface area (Å²) < 4.78 is 0. The van der Waals surface area contributed by atoms with E-state index >= 15 is 0 Å². The normalized spacial score (nSPS) is 10.6. The van der Waals surface area contributed by atoms with Crippen LogP contribution in [0.4, 0.5) is 0 Å². The summed E-state index contributed by atoms with van der Waals surface area (Å²) in [6, 6.07) is 48.4. The van der Waals surface area contributed by atoms with E-state index < -0.39 is 0 Å². The topological polar surface area (TPSA) is 23.9 Å². The molecule has 7 rings (SSSR count). The van der Waals surface area contributed by atoms with Gasteiger partial charge >= 0.3 is 0 Å². The van der Waals surface area contributed by atoms with E-state index in [1.807, 2.05) is 104 Å². The highest BCUT2D eigenvalue weighted by Crippen LogP contribution is 2.44. The molecule has 0 aliphatic heterocycles. The molecule has 0 atom stereocenters. The summed E-state index contributed by atoms with van der Waals surface area (Å²) in [5.41, 5.74) is 11.6. The Kier molecular flexibility index (Phi) is 28.5. The number of hydrogen-bond donors (Lipinski definition) is 2. The van der Waals surface area contributed by atoms with E-state index in [1.165, 1.54) is 71.3 Å². The summed E-state index contributed by atoms with van der Waals surface area (Å²) in [5.74, 6) is 0. The minimum absolute atomic E-state index is 0.108. The first-order chi connectivity index (χ1) is 32.4. The van der Waals surface area contributed by atoms with Crippen LogP contribution < -0.4 is 0 Å². The van der Waals surface area contributed by atoms with Crippen molar-refractivity contribution in [3.8, 4) is 22.3 Å². The number of nitrogens with one attached hydrogen (secondary N) is 1. The number of aryl methyl sites for hydroxylation is 2. The molecule has 0 heterocycles. The highest BCUT2D eigenvalue weighted by molar-refractivity contribution is 7.79. The fourth-order valence-electron chi connectivity index (χ4n) is 6.81. The lowest BCUT2D eigenvalue weighted by molar-refractivity contribution is 0.590. The van der Waals surface area contributed by atoms with E-state index in [4.69, 9.17) is 5.41 Å². The third kappa shape index (κ3) is 18.2. The van der Waals surface area contributed by atoms with Crippen LogP contribution >= 0.6 is 12.6 Å². The van der Waals surface area contributed by atoms with Gasteiger partial charge in [-0.25, -0.2) is 0 Å². The Morgan fingerprint density at radius 3 is 1.39 bits per heavy atom. The molecule has 0 saturated carbocycles. The zero-order valence-electron chi connectivity index (χ0n) is 43.5. The minimum atomic E-state index is 0.108. The first-order valence-corrected chi connectivity index (χ1v) is 24.7. The Balaban J connectivity index is 0.000000854. The molecule has 7 aromatic rings. The number of hydrogen-bond acceptors (Lipinski definition) is 2. The first kappa shape index (κ1) is 58.8. The zero-order chi connectivity index (χ0) is 50.4. The van der Waals surface area contributed by atoms with Crippen molar-refractivity contribution in [3.63, 3.8) is 0 Å². The summed E-state index contributed by atoms with van der Waals surface area (Å²) in [7, 11) is 0. The van der Waals surface area contributed by atoms with Crippen LogP contribution in [0, 0.1) is 19.3 Å². The highest BCUT2D eigenvalue weighted by atomic mass is 32.1. The van der Waals surface area contributed by atoms with Crippen LogP contribution in [0.25, 0.3) is 60.1 Å². The van der Waals surface area contributed by atoms with Crippen LogP contribution in [0.15, 0.2) is 201 Å². The third-order valence-corrected chi connectivity index (χ3v) is 10.7. The number of fused-ring (bicyclic) bond motifs is 3. The molecular weight excluding hydrogens is 827 g/mol. The van der Waals surface area contributed by atoms with E-state index in [0.29, 0.717) is 12.1 Å². The van der Waals surface area contributed by atoms with E-state index in [2.05, 4.69) is 194 Å². The quantitative estimate of drug-likeness (QED) is 0.0499. The summed E-state index contributed by atoms with van der Waals surface area (Å²) in [6.45, 7) is 35.0. The Morgan fingerprint density at radius 1 is 0.552 bits per heavy atom. The maximum absolute atomic E-state index is 8.20. The van der Waals surface area contributed by atoms with Crippen molar-refractivity contribution >= 4 is 56.2 Å². The summed E-state index contributed by atoms with van der Waals surface area (Å²) in [5, 5.41) is 15.6. The number of allylic oxidation sites excluding steroid dienone is 10. The maximum Gasteiger partial charge on any atom is 0.0351 e. The predicted octanol–water partition coefficient (Wildman–Crippen LogP) is 20.6. The molecule has 67 heavy (non-hydrogen) atoms. The molecule has 0 spiro atoms. The molecule has 0 amide bonds. The fourth-order valence-corrected chi connectivity index (χ4v) is 6.81. The van der Waals surface area contributed by atoms with Gasteiger partial charge in [0.2, 0.25) is 0 Å². The number of thiol groups is 1. The van der Waals surface area contributed by atoms with Gasteiger partial charge in [-0.3, -0.25) is 0 Å². The second-order valence-corrected chi connectivity index (χ2v) is 16.1. The minimum Gasteiger partial charge on any atom is -0.305 e. The Labute approximate surface area is 413 Å². The molecule has 0 aliphatic rings. The van der Waals surface area contributed by atoms with E-state index in [1.54, 1.807) is 12.3 Å². The molecule has 0 saturated heterocycles. The second kappa shape index (κ2) is 32.5. The van der Waals surface area contributed by atoms with E-state index in [9.17, 15) is 0 Å². The van der Waals surface area contributed by atoms with Gasteiger partial charge in [0.25, 0.3) is 0 Å². The van der Waals surface area contributed by atoms with Gasteiger partial charge in [0.1, 0.15) is 0 Å². The maximum atomic E-state index is 8.20. The highest BCUT2D eigenvalue weighted by Gasteiger charge is 2.18. The smallest absolute Gasteiger partial charge is 0.0351 e. The molecule has 0 unspecified atom stereocenters. The molecule has 352 valence electrons. The molecule has 0 radical (unpaired) electrons. The van der Waals surface area contributed by atoms with Gasteiger partial charge in [-0.2, -0.15) is 12.6 Å². The number of benzene rings is 7. The Bertz CT molecular complexity index is 2600. The molecule has 1 N–H and O–H groups in total. The summed E-state index contributed by atoms with van der Waals surface area (Å²) in [6.07, 6.45) is 19.5. The van der Waals surface area contributed by atoms with Crippen LogP contribution in [0.2, 0.25) is 0 Å².